The van der Waals surface area contributed by atoms with Gasteiger partial charge >= 0.3 is 0 Å². The van der Waals surface area contributed by atoms with Gasteiger partial charge in [0.2, 0.25) is 15.9 Å². The van der Waals surface area contributed by atoms with E-state index in [1.165, 1.54) is 14.6 Å². The highest BCUT2D eigenvalue weighted by atomic mass is 32.2. The molecule has 1 N–H and O–H groups in total. The van der Waals surface area contributed by atoms with Crippen molar-refractivity contribution in [1.29, 1.82) is 0 Å². The maximum Gasteiger partial charge on any atom is 0.246 e. The van der Waals surface area contributed by atoms with Gasteiger partial charge in [0, 0.05) is 18.8 Å². The third-order valence-electron chi connectivity index (χ3n) is 5.17. The van der Waals surface area contributed by atoms with E-state index in [1.54, 1.807) is 13.8 Å². The Morgan fingerprint density at radius 1 is 1.11 bits per heavy atom. The molecule has 1 saturated heterocycles. The molecule has 2 heterocycles. The number of nitrogens with one attached hydrogen (secondary N) is 1. The largest absolute Gasteiger partial charge is 0.324 e. The van der Waals surface area contributed by atoms with Gasteiger partial charge in [-0.05, 0) is 50.8 Å². The molecule has 0 spiro atoms. The van der Waals surface area contributed by atoms with Gasteiger partial charge in [-0.1, -0.05) is 25.5 Å². The fourth-order valence-electron chi connectivity index (χ4n) is 3.60. The third kappa shape index (κ3) is 4.28. The lowest BCUT2D eigenvalue weighted by Crippen LogP contribution is -2.36. The predicted molar refractivity (Wildman–Crippen MR) is 109 cm³/mol. The van der Waals surface area contributed by atoms with E-state index in [9.17, 15) is 13.2 Å². The van der Waals surface area contributed by atoms with Crippen molar-refractivity contribution in [1.82, 2.24) is 14.1 Å². The number of carbonyl (C=O) groups excluding carboxylic acids is 1. The summed E-state index contributed by atoms with van der Waals surface area (Å²) in [6.45, 7) is 6.52. The van der Waals surface area contributed by atoms with Crippen molar-refractivity contribution in [2.45, 2.75) is 57.9 Å². The van der Waals surface area contributed by atoms with E-state index in [4.69, 9.17) is 0 Å². The molecule has 1 aliphatic heterocycles. The number of aromatic nitrogens is 2. The highest BCUT2D eigenvalue weighted by Crippen LogP contribution is 2.26. The van der Waals surface area contributed by atoms with E-state index in [-0.39, 0.29) is 17.3 Å². The molecule has 1 amide bonds. The molecule has 0 aliphatic carbocycles. The number of sulfonamides is 1. The lowest BCUT2D eigenvalue weighted by atomic mass is 10.1. The molecule has 1 aliphatic rings. The summed E-state index contributed by atoms with van der Waals surface area (Å²) in [5.41, 5.74) is 2.84. The Kier molecular flexibility index (Phi) is 6.20. The van der Waals surface area contributed by atoms with E-state index in [1.807, 2.05) is 24.3 Å². The van der Waals surface area contributed by atoms with Crippen molar-refractivity contribution in [3.05, 3.63) is 41.2 Å². The second-order valence-electron chi connectivity index (χ2n) is 7.22. The molecule has 3 rings (SSSR count). The van der Waals surface area contributed by atoms with Crippen molar-refractivity contribution in [3.63, 3.8) is 0 Å². The van der Waals surface area contributed by atoms with Crippen molar-refractivity contribution in [2.75, 3.05) is 18.4 Å². The molecule has 1 aromatic carbocycles. The van der Waals surface area contributed by atoms with E-state index < -0.39 is 10.0 Å². The summed E-state index contributed by atoms with van der Waals surface area (Å²) in [4.78, 5) is 12.7. The first-order valence-electron chi connectivity index (χ1n) is 9.76. The molecule has 8 heteroatoms. The van der Waals surface area contributed by atoms with Crippen LogP contribution < -0.4 is 5.32 Å². The summed E-state index contributed by atoms with van der Waals surface area (Å²) in [7, 11) is -3.59. The molecule has 0 bridgehead atoms. The lowest BCUT2D eigenvalue weighted by Gasteiger charge is -2.25. The molecule has 2 aromatic rings. The SMILES string of the molecule is CCc1ccc(NC(=O)Cn2nc(C)c(S(=O)(=O)N3CCCCC3)c2C)cc1. The van der Waals surface area contributed by atoms with Crippen LogP contribution in [-0.4, -0.2) is 41.5 Å². The number of amides is 1. The highest BCUT2D eigenvalue weighted by Gasteiger charge is 2.31. The van der Waals surface area contributed by atoms with Crippen LogP contribution in [0, 0.1) is 13.8 Å². The number of anilines is 1. The quantitative estimate of drug-likeness (QED) is 0.802. The monoisotopic (exact) mass is 404 g/mol. The second kappa shape index (κ2) is 8.45. The smallest absolute Gasteiger partial charge is 0.246 e. The van der Waals surface area contributed by atoms with Crippen molar-refractivity contribution in [3.8, 4) is 0 Å². The van der Waals surface area contributed by atoms with E-state index in [0.29, 0.717) is 30.2 Å². The average Bonchev–Trinajstić information content (AvgIpc) is 2.96. The minimum atomic E-state index is -3.59. The van der Waals surface area contributed by atoms with Crippen LogP contribution in [0.3, 0.4) is 0 Å². The minimum absolute atomic E-state index is 0.0300. The van der Waals surface area contributed by atoms with Gasteiger partial charge < -0.3 is 5.32 Å². The molecular formula is C20H28N4O3S. The number of hydrogen-bond acceptors (Lipinski definition) is 4. The van der Waals surface area contributed by atoms with Crippen LogP contribution in [0.15, 0.2) is 29.2 Å². The van der Waals surface area contributed by atoms with Crippen LogP contribution >= 0.6 is 0 Å². The van der Waals surface area contributed by atoms with E-state index in [0.717, 1.165) is 25.7 Å². The van der Waals surface area contributed by atoms with Crippen molar-refractivity contribution < 1.29 is 13.2 Å². The first-order valence-corrected chi connectivity index (χ1v) is 11.2. The predicted octanol–water partition coefficient (Wildman–Crippen LogP) is 2.88. The molecular weight excluding hydrogens is 376 g/mol. The number of benzene rings is 1. The van der Waals surface area contributed by atoms with Gasteiger partial charge in [0.1, 0.15) is 11.4 Å². The summed E-state index contributed by atoms with van der Waals surface area (Å²) in [6, 6.07) is 7.68. The molecule has 0 radical (unpaired) electrons. The summed E-state index contributed by atoms with van der Waals surface area (Å²) >= 11 is 0. The Labute approximate surface area is 166 Å². The van der Waals surface area contributed by atoms with Crippen LogP contribution in [0.4, 0.5) is 5.69 Å². The minimum Gasteiger partial charge on any atom is -0.324 e. The normalized spacial score (nSPS) is 15.5. The Morgan fingerprint density at radius 2 is 1.75 bits per heavy atom. The number of rotatable bonds is 6. The van der Waals surface area contributed by atoms with Gasteiger partial charge in [-0.3, -0.25) is 9.48 Å². The Morgan fingerprint density at radius 3 is 2.36 bits per heavy atom. The maximum absolute atomic E-state index is 13.1. The standard InChI is InChI=1S/C20H28N4O3S/c1-4-17-8-10-18(11-9-17)21-19(25)14-24-16(3)20(15(2)22-24)28(26,27)23-12-6-5-7-13-23/h8-11H,4-7,12-14H2,1-3H3,(H,21,25). The molecule has 7 nitrogen and oxygen atoms in total. The molecule has 0 atom stereocenters. The maximum atomic E-state index is 13.1. The zero-order valence-corrected chi connectivity index (χ0v) is 17.6. The van der Waals surface area contributed by atoms with Gasteiger partial charge in [0.05, 0.1) is 11.4 Å². The Hall–Kier alpha value is -2.19. The number of piperidine rings is 1. The van der Waals surface area contributed by atoms with Crippen LogP contribution in [0.25, 0.3) is 0 Å². The topological polar surface area (TPSA) is 84.3 Å². The number of nitrogens with zero attached hydrogens (tertiary/aromatic N) is 3. The van der Waals surface area contributed by atoms with Gasteiger partial charge in [-0.15, -0.1) is 0 Å². The van der Waals surface area contributed by atoms with Crippen LogP contribution in [0.5, 0.6) is 0 Å². The third-order valence-corrected chi connectivity index (χ3v) is 7.32. The second-order valence-corrected chi connectivity index (χ2v) is 9.10. The van der Waals surface area contributed by atoms with Crippen LogP contribution in [0.1, 0.15) is 43.1 Å². The number of aryl methyl sites for hydroxylation is 2. The Balaban J connectivity index is 1.76. The Bertz CT molecular complexity index is 943. The molecule has 0 saturated carbocycles. The summed E-state index contributed by atoms with van der Waals surface area (Å²) in [5.74, 6) is -0.239. The van der Waals surface area contributed by atoms with Crippen molar-refractivity contribution in [2.24, 2.45) is 0 Å². The molecule has 152 valence electrons. The molecule has 28 heavy (non-hydrogen) atoms. The van der Waals surface area contributed by atoms with Gasteiger partial charge in [-0.2, -0.15) is 9.40 Å². The zero-order valence-electron chi connectivity index (χ0n) is 16.7. The van der Waals surface area contributed by atoms with Gasteiger partial charge in [-0.25, -0.2) is 8.42 Å². The number of hydrogen-bond donors (Lipinski definition) is 1. The van der Waals surface area contributed by atoms with Gasteiger partial charge in [0.25, 0.3) is 0 Å². The van der Waals surface area contributed by atoms with E-state index >= 15 is 0 Å². The molecule has 0 unspecified atom stereocenters. The molecule has 1 fully saturated rings. The highest BCUT2D eigenvalue weighted by molar-refractivity contribution is 7.89. The zero-order chi connectivity index (χ0) is 20.3. The first kappa shape index (κ1) is 20.5. The summed E-state index contributed by atoms with van der Waals surface area (Å²) < 4.78 is 29.1. The first-order chi connectivity index (χ1) is 13.3. The fraction of sp³-hybridized carbons (Fsp3) is 0.500. The van der Waals surface area contributed by atoms with E-state index in [2.05, 4.69) is 17.3 Å². The van der Waals surface area contributed by atoms with Crippen LogP contribution in [-0.2, 0) is 27.8 Å². The molecule has 1 aromatic heterocycles. The number of carbonyl (C=O) groups is 1. The van der Waals surface area contributed by atoms with Gasteiger partial charge in [0.15, 0.2) is 0 Å². The average molecular weight is 405 g/mol. The lowest BCUT2D eigenvalue weighted by molar-refractivity contribution is -0.116. The van der Waals surface area contributed by atoms with Crippen LogP contribution in [0.2, 0.25) is 0 Å². The van der Waals surface area contributed by atoms with Crippen molar-refractivity contribution >= 4 is 21.6 Å². The summed E-state index contributed by atoms with van der Waals surface area (Å²) in [6.07, 6.45) is 3.76. The summed E-state index contributed by atoms with van der Waals surface area (Å²) in [5, 5.41) is 7.17. The fourth-order valence-corrected chi connectivity index (χ4v) is 5.49.